The average Bonchev–Trinajstić information content (AvgIpc) is 2.17. The third-order valence-electron chi connectivity index (χ3n) is 2.56. The molecule has 0 amide bonds. The molecule has 0 spiro atoms. The van der Waals surface area contributed by atoms with Crippen LogP contribution in [0.25, 0.3) is 0 Å². The summed E-state index contributed by atoms with van der Waals surface area (Å²) in [6.07, 6.45) is 5.85. The molecule has 15 heavy (non-hydrogen) atoms. The van der Waals surface area contributed by atoms with E-state index in [1.807, 2.05) is 0 Å². The molecule has 0 aromatic heterocycles. The second kappa shape index (κ2) is 8.45. The van der Waals surface area contributed by atoms with Crippen LogP contribution in [0.5, 0.6) is 0 Å². The fourth-order valence-electron chi connectivity index (χ4n) is 1.58. The number of hydrogen-bond donors (Lipinski definition) is 0. The highest BCUT2D eigenvalue weighted by Gasteiger charge is 2.11. The van der Waals surface area contributed by atoms with E-state index in [9.17, 15) is 9.59 Å². The summed E-state index contributed by atoms with van der Waals surface area (Å²) in [5.41, 5.74) is 0. The van der Waals surface area contributed by atoms with Gasteiger partial charge in [0.1, 0.15) is 0 Å². The zero-order valence-electron chi connectivity index (χ0n) is 10.0. The van der Waals surface area contributed by atoms with E-state index in [-0.39, 0.29) is 0 Å². The Hall–Kier alpha value is -0.860. The molecule has 1 unspecified atom stereocenters. The van der Waals surface area contributed by atoms with Crippen LogP contribution < -0.4 is 0 Å². The van der Waals surface area contributed by atoms with E-state index in [0.717, 1.165) is 12.8 Å². The fourth-order valence-corrected chi connectivity index (χ4v) is 1.58. The Balaban J connectivity index is 3.69. The van der Waals surface area contributed by atoms with Crippen molar-refractivity contribution in [2.75, 3.05) is 0 Å². The SMILES string of the molecule is CCCCC(CC)CCC(=O)OC(C)=O. The monoisotopic (exact) mass is 214 g/mol. The molecule has 0 aromatic carbocycles. The van der Waals surface area contributed by atoms with Gasteiger partial charge in [-0.25, -0.2) is 0 Å². The Kier molecular flexibility index (Phi) is 7.96. The van der Waals surface area contributed by atoms with Crippen molar-refractivity contribution in [1.82, 2.24) is 0 Å². The molecule has 3 nitrogen and oxygen atoms in total. The van der Waals surface area contributed by atoms with Crippen LogP contribution in [0, 0.1) is 5.92 Å². The molecule has 0 heterocycles. The maximum absolute atomic E-state index is 11.1. The average molecular weight is 214 g/mol. The van der Waals surface area contributed by atoms with Gasteiger partial charge in [0.25, 0.3) is 0 Å². The van der Waals surface area contributed by atoms with Gasteiger partial charge in [0.05, 0.1) is 0 Å². The predicted octanol–water partition coefficient (Wildman–Crippen LogP) is 3.07. The highest BCUT2D eigenvalue weighted by Crippen LogP contribution is 2.18. The fraction of sp³-hybridized carbons (Fsp3) is 0.833. The van der Waals surface area contributed by atoms with Crippen LogP contribution in [0.3, 0.4) is 0 Å². The molecule has 0 aliphatic carbocycles. The Morgan fingerprint density at radius 1 is 1.20 bits per heavy atom. The van der Waals surface area contributed by atoms with Gasteiger partial charge in [-0.3, -0.25) is 9.59 Å². The minimum Gasteiger partial charge on any atom is -0.393 e. The summed E-state index contributed by atoms with van der Waals surface area (Å²) in [5, 5.41) is 0. The molecule has 0 saturated heterocycles. The van der Waals surface area contributed by atoms with Crippen molar-refractivity contribution in [3.63, 3.8) is 0 Å². The van der Waals surface area contributed by atoms with Crippen LogP contribution in [0.2, 0.25) is 0 Å². The van der Waals surface area contributed by atoms with Crippen LogP contribution in [-0.2, 0) is 14.3 Å². The molecular weight excluding hydrogens is 192 g/mol. The van der Waals surface area contributed by atoms with Gasteiger partial charge in [-0.2, -0.15) is 0 Å². The predicted molar refractivity (Wildman–Crippen MR) is 59.3 cm³/mol. The first-order chi connectivity index (χ1) is 7.10. The van der Waals surface area contributed by atoms with Crippen LogP contribution in [0.4, 0.5) is 0 Å². The van der Waals surface area contributed by atoms with E-state index in [2.05, 4.69) is 18.6 Å². The topological polar surface area (TPSA) is 43.4 Å². The van der Waals surface area contributed by atoms with Crippen LogP contribution in [0.1, 0.15) is 59.3 Å². The van der Waals surface area contributed by atoms with Crippen molar-refractivity contribution in [2.24, 2.45) is 5.92 Å². The first-order valence-corrected chi connectivity index (χ1v) is 5.81. The standard InChI is InChI=1S/C12H22O3/c1-4-6-7-11(5-2)8-9-12(14)15-10(3)13/h11H,4-9H2,1-3H3. The normalized spacial score (nSPS) is 12.2. The van der Waals surface area contributed by atoms with Crippen molar-refractivity contribution in [2.45, 2.75) is 59.3 Å². The largest absolute Gasteiger partial charge is 0.393 e. The minimum absolute atomic E-state index is 0.363. The van der Waals surface area contributed by atoms with E-state index < -0.39 is 11.9 Å². The number of hydrogen-bond acceptors (Lipinski definition) is 3. The number of esters is 2. The second-order valence-corrected chi connectivity index (χ2v) is 3.92. The van der Waals surface area contributed by atoms with Gasteiger partial charge >= 0.3 is 11.9 Å². The Morgan fingerprint density at radius 2 is 1.87 bits per heavy atom. The molecule has 0 aliphatic heterocycles. The molecule has 1 atom stereocenters. The zero-order chi connectivity index (χ0) is 11.7. The summed E-state index contributed by atoms with van der Waals surface area (Å²) in [5.74, 6) is -0.316. The number of carbonyl (C=O) groups is 2. The van der Waals surface area contributed by atoms with Crippen molar-refractivity contribution in [3.8, 4) is 0 Å². The lowest BCUT2D eigenvalue weighted by molar-refractivity contribution is -0.158. The van der Waals surface area contributed by atoms with E-state index in [1.165, 1.54) is 26.2 Å². The third-order valence-corrected chi connectivity index (χ3v) is 2.56. The van der Waals surface area contributed by atoms with Gasteiger partial charge in [0.2, 0.25) is 0 Å². The van der Waals surface area contributed by atoms with E-state index in [0.29, 0.717) is 12.3 Å². The second-order valence-electron chi connectivity index (χ2n) is 3.92. The quantitative estimate of drug-likeness (QED) is 0.483. The summed E-state index contributed by atoms with van der Waals surface area (Å²) in [4.78, 5) is 21.6. The zero-order valence-corrected chi connectivity index (χ0v) is 10.0. The van der Waals surface area contributed by atoms with Crippen molar-refractivity contribution in [3.05, 3.63) is 0 Å². The lowest BCUT2D eigenvalue weighted by Crippen LogP contribution is -2.11. The lowest BCUT2D eigenvalue weighted by atomic mass is 9.94. The molecule has 0 N–H and O–H groups in total. The Bertz CT molecular complexity index is 199. The molecular formula is C12H22O3. The van der Waals surface area contributed by atoms with Gasteiger partial charge in [0.15, 0.2) is 0 Å². The molecule has 0 rings (SSSR count). The Morgan fingerprint density at radius 3 is 2.33 bits per heavy atom. The maximum Gasteiger partial charge on any atom is 0.313 e. The van der Waals surface area contributed by atoms with Gasteiger partial charge < -0.3 is 4.74 Å². The van der Waals surface area contributed by atoms with Gasteiger partial charge in [-0.1, -0.05) is 39.5 Å². The number of carbonyl (C=O) groups excluding carboxylic acids is 2. The molecule has 0 bridgehead atoms. The van der Waals surface area contributed by atoms with E-state index >= 15 is 0 Å². The van der Waals surface area contributed by atoms with Crippen LogP contribution in [0.15, 0.2) is 0 Å². The highest BCUT2D eigenvalue weighted by molar-refractivity contribution is 5.83. The van der Waals surface area contributed by atoms with Crippen LogP contribution in [-0.4, -0.2) is 11.9 Å². The maximum atomic E-state index is 11.1. The lowest BCUT2D eigenvalue weighted by Gasteiger charge is -2.12. The first-order valence-electron chi connectivity index (χ1n) is 5.81. The van der Waals surface area contributed by atoms with Crippen LogP contribution >= 0.6 is 0 Å². The molecule has 0 saturated carbocycles. The highest BCUT2D eigenvalue weighted by atomic mass is 16.6. The smallest absolute Gasteiger partial charge is 0.313 e. The number of ether oxygens (including phenoxy) is 1. The Labute approximate surface area is 92.2 Å². The van der Waals surface area contributed by atoms with Gasteiger partial charge in [-0.05, 0) is 12.3 Å². The van der Waals surface area contributed by atoms with Gasteiger partial charge in [-0.15, -0.1) is 0 Å². The van der Waals surface area contributed by atoms with E-state index in [1.54, 1.807) is 0 Å². The summed E-state index contributed by atoms with van der Waals surface area (Å²) < 4.78 is 4.47. The molecule has 0 fully saturated rings. The summed E-state index contributed by atoms with van der Waals surface area (Å²) in [7, 11) is 0. The van der Waals surface area contributed by atoms with Crippen molar-refractivity contribution in [1.29, 1.82) is 0 Å². The van der Waals surface area contributed by atoms with Gasteiger partial charge in [0, 0.05) is 13.3 Å². The number of rotatable bonds is 7. The summed E-state index contributed by atoms with van der Waals surface area (Å²) in [6, 6.07) is 0. The van der Waals surface area contributed by atoms with Crippen molar-refractivity contribution >= 4 is 11.9 Å². The molecule has 0 aliphatic rings. The summed E-state index contributed by atoms with van der Waals surface area (Å²) in [6.45, 7) is 5.56. The first kappa shape index (κ1) is 14.1. The summed E-state index contributed by atoms with van der Waals surface area (Å²) >= 11 is 0. The third kappa shape index (κ3) is 8.16. The molecule has 3 heteroatoms. The molecule has 88 valence electrons. The van der Waals surface area contributed by atoms with E-state index in [4.69, 9.17) is 0 Å². The minimum atomic E-state index is -0.512. The van der Waals surface area contributed by atoms with Crippen molar-refractivity contribution < 1.29 is 14.3 Å². The number of unbranched alkanes of at least 4 members (excludes halogenated alkanes) is 1. The molecule has 0 radical (unpaired) electrons. The molecule has 0 aromatic rings.